The summed E-state index contributed by atoms with van der Waals surface area (Å²) >= 11 is 8.17. The fourth-order valence-electron chi connectivity index (χ4n) is 2.02. The lowest BCUT2D eigenvalue weighted by Gasteiger charge is -2.26. The minimum atomic E-state index is 0.578. The summed E-state index contributed by atoms with van der Waals surface area (Å²) in [5.41, 5.74) is 0.989. The zero-order chi connectivity index (χ0) is 12.4. The van der Waals surface area contributed by atoms with Crippen molar-refractivity contribution in [2.24, 2.45) is 0 Å². The van der Waals surface area contributed by atoms with Gasteiger partial charge in [0.1, 0.15) is 16.8 Å². The zero-order valence-electron chi connectivity index (χ0n) is 10.5. The molecule has 1 fully saturated rings. The molecule has 1 saturated heterocycles. The van der Waals surface area contributed by atoms with E-state index in [2.05, 4.69) is 28.8 Å². The van der Waals surface area contributed by atoms with E-state index in [1.54, 1.807) is 0 Å². The Kier molecular flexibility index (Phi) is 4.15. The van der Waals surface area contributed by atoms with Gasteiger partial charge in [0.25, 0.3) is 0 Å². The Hall–Kier alpha value is -0.480. The molecule has 0 N–H and O–H groups in total. The maximum Gasteiger partial charge on any atom is 0.137 e. The lowest BCUT2D eigenvalue weighted by molar-refractivity contribution is 0.685. The smallest absolute Gasteiger partial charge is 0.137 e. The number of hydrogen-bond acceptors (Lipinski definition) is 4. The highest BCUT2D eigenvalue weighted by Gasteiger charge is 2.23. The van der Waals surface area contributed by atoms with Gasteiger partial charge in [0, 0.05) is 30.8 Å². The van der Waals surface area contributed by atoms with E-state index < -0.39 is 0 Å². The normalized spacial score (nSPS) is 19.6. The Bertz CT molecular complexity index is 405. The molecule has 0 bridgehead atoms. The van der Waals surface area contributed by atoms with Gasteiger partial charge < -0.3 is 4.90 Å². The Morgan fingerprint density at radius 2 is 2.24 bits per heavy atom. The van der Waals surface area contributed by atoms with Gasteiger partial charge in [-0.15, -0.1) is 0 Å². The Morgan fingerprint density at radius 3 is 2.82 bits per heavy atom. The molecule has 3 nitrogen and oxygen atoms in total. The summed E-state index contributed by atoms with van der Waals surface area (Å²) in [7, 11) is 2.11. The number of thioether (sulfide) groups is 1. The van der Waals surface area contributed by atoms with Crippen LogP contribution in [0, 0.1) is 6.92 Å². The number of rotatable bonds is 3. The number of nitrogens with zero attached hydrogens (tertiary/aromatic N) is 3. The van der Waals surface area contributed by atoms with Gasteiger partial charge in [-0.25, -0.2) is 9.97 Å². The van der Waals surface area contributed by atoms with E-state index in [4.69, 9.17) is 11.6 Å². The maximum absolute atomic E-state index is 6.17. The number of hydrogen-bond donors (Lipinski definition) is 0. The molecule has 2 heterocycles. The zero-order valence-corrected chi connectivity index (χ0v) is 12.1. The molecule has 17 heavy (non-hydrogen) atoms. The molecular weight excluding hydrogens is 254 g/mol. The third kappa shape index (κ3) is 2.68. The average molecular weight is 272 g/mol. The van der Waals surface area contributed by atoms with Crippen molar-refractivity contribution in [2.75, 3.05) is 23.5 Å². The first kappa shape index (κ1) is 13.0. The predicted octanol–water partition coefficient (Wildman–Crippen LogP) is 2.94. The fraction of sp³-hybridized carbons (Fsp3) is 0.667. The Labute approximate surface area is 112 Å². The van der Waals surface area contributed by atoms with E-state index >= 15 is 0 Å². The largest absolute Gasteiger partial charge is 0.355 e. The molecule has 0 radical (unpaired) electrons. The van der Waals surface area contributed by atoms with Gasteiger partial charge in [0.05, 0.1) is 0 Å². The number of anilines is 1. The van der Waals surface area contributed by atoms with Crippen molar-refractivity contribution in [3.63, 3.8) is 0 Å². The third-order valence-electron chi connectivity index (χ3n) is 3.21. The predicted molar refractivity (Wildman–Crippen MR) is 75.3 cm³/mol. The number of aromatic nitrogens is 2. The van der Waals surface area contributed by atoms with Crippen LogP contribution >= 0.6 is 23.4 Å². The summed E-state index contributed by atoms with van der Waals surface area (Å²) in [4.78, 5) is 11.2. The summed E-state index contributed by atoms with van der Waals surface area (Å²) in [6.07, 6.45) is 2.05. The highest BCUT2D eigenvalue weighted by atomic mass is 35.5. The maximum atomic E-state index is 6.17. The van der Waals surface area contributed by atoms with Crippen LogP contribution in [0.25, 0.3) is 0 Å². The lowest BCUT2D eigenvalue weighted by Crippen LogP contribution is -2.33. The molecule has 1 aliphatic heterocycles. The van der Waals surface area contributed by atoms with E-state index in [0.717, 1.165) is 23.6 Å². The lowest BCUT2D eigenvalue weighted by atomic mass is 10.2. The molecule has 1 atom stereocenters. The van der Waals surface area contributed by atoms with E-state index in [-0.39, 0.29) is 0 Å². The van der Waals surface area contributed by atoms with Crippen molar-refractivity contribution in [3.8, 4) is 0 Å². The third-order valence-corrected chi connectivity index (χ3v) is 4.72. The van der Waals surface area contributed by atoms with Gasteiger partial charge in [-0.3, -0.25) is 0 Å². The van der Waals surface area contributed by atoms with Crippen LogP contribution in [0.15, 0.2) is 0 Å². The number of aryl methyl sites for hydroxylation is 1. The van der Waals surface area contributed by atoms with E-state index in [1.165, 1.54) is 17.9 Å². The Morgan fingerprint density at radius 1 is 1.47 bits per heavy atom. The molecule has 0 amide bonds. The monoisotopic (exact) mass is 271 g/mol. The fourth-order valence-corrected chi connectivity index (χ4v) is 3.47. The van der Waals surface area contributed by atoms with Crippen molar-refractivity contribution < 1.29 is 0 Å². The summed E-state index contributed by atoms with van der Waals surface area (Å²) in [6, 6.07) is 0.578. The number of halogens is 1. The molecule has 0 spiro atoms. The highest BCUT2D eigenvalue weighted by Crippen LogP contribution is 2.29. The van der Waals surface area contributed by atoms with Crippen LogP contribution < -0.4 is 4.90 Å². The highest BCUT2D eigenvalue weighted by molar-refractivity contribution is 7.99. The van der Waals surface area contributed by atoms with Crippen molar-refractivity contribution in [3.05, 3.63) is 16.5 Å². The second-order valence-corrected chi connectivity index (χ2v) is 5.87. The van der Waals surface area contributed by atoms with Crippen molar-refractivity contribution in [2.45, 2.75) is 32.7 Å². The summed E-state index contributed by atoms with van der Waals surface area (Å²) < 4.78 is 0. The van der Waals surface area contributed by atoms with Crippen molar-refractivity contribution in [1.82, 2.24) is 9.97 Å². The first-order chi connectivity index (χ1) is 8.13. The van der Waals surface area contributed by atoms with Gasteiger partial charge in [0.2, 0.25) is 0 Å². The van der Waals surface area contributed by atoms with Crippen LogP contribution in [0.2, 0.25) is 5.15 Å². The van der Waals surface area contributed by atoms with Gasteiger partial charge in [-0.1, -0.05) is 18.5 Å². The van der Waals surface area contributed by atoms with Crippen molar-refractivity contribution in [1.29, 1.82) is 0 Å². The quantitative estimate of drug-likeness (QED) is 0.791. The molecule has 0 aliphatic carbocycles. The molecule has 1 unspecified atom stereocenters. The first-order valence-electron chi connectivity index (χ1n) is 5.97. The standard InChI is InChI=1S/C12H18ClN3S/c1-4-10-14-11(13)8(2)12(15-10)16(3)9-5-6-17-7-9/h9H,4-7H2,1-3H3. The van der Waals surface area contributed by atoms with Crippen LogP contribution in [-0.4, -0.2) is 34.6 Å². The Balaban J connectivity index is 2.32. The van der Waals surface area contributed by atoms with E-state index in [0.29, 0.717) is 11.2 Å². The molecule has 94 valence electrons. The van der Waals surface area contributed by atoms with Gasteiger partial charge in [-0.2, -0.15) is 11.8 Å². The molecule has 1 aromatic heterocycles. The van der Waals surface area contributed by atoms with Crippen LogP contribution in [0.5, 0.6) is 0 Å². The van der Waals surface area contributed by atoms with E-state index in [1.807, 2.05) is 18.7 Å². The summed E-state index contributed by atoms with van der Waals surface area (Å²) in [6.45, 7) is 4.05. The molecular formula is C12H18ClN3S. The first-order valence-corrected chi connectivity index (χ1v) is 7.50. The second kappa shape index (κ2) is 5.44. The minimum Gasteiger partial charge on any atom is -0.355 e. The molecule has 2 rings (SSSR count). The van der Waals surface area contributed by atoms with Gasteiger partial charge in [0.15, 0.2) is 0 Å². The molecule has 0 saturated carbocycles. The topological polar surface area (TPSA) is 29.0 Å². The van der Waals surface area contributed by atoms with Crippen LogP contribution in [0.3, 0.4) is 0 Å². The summed E-state index contributed by atoms with van der Waals surface area (Å²) in [5.74, 6) is 4.24. The molecule has 1 aromatic rings. The minimum absolute atomic E-state index is 0.578. The second-order valence-electron chi connectivity index (χ2n) is 4.36. The molecule has 1 aliphatic rings. The van der Waals surface area contributed by atoms with Gasteiger partial charge >= 0.3 is 0 Å². The van der Waals surface area contributed by atoms with E-state index in [9.17, 15) is 0 Å². The van der Waals surface area contributed by atoms with Crippen LogP contribution in [0.1, 0.15) is 24.7 Å². The van der Waals surface area contributed by atoms with Crippen LogP contribution in [-0.2, 0) is 6.42 Å². The average Bonchev–Trinajstić information content (AvgIpc) is 2.85. The van der Waals surface area contributed by atoms with Gasteiger partial charge in [-0.05, 0) is 19.1 Å². The SMILES string of the molecule is CCc1nc(Cl)c(C)c(N(C)C2CCSC2)n1. The molecule has 5 heteroatoms. The summed E-state index contributed by atoms with van der Waals surface area (Å²) in [5, 5.41) is 0.587. The van der Waals surface area contributed by atoms with Crippen molar-refractivity contribution >= 4 is 29.2 Å². The van der Waals surface area contributed by atoms with Crippen LogP contribution in [0.4, 0.5) is 5.82 Å². The molecule has 0 aromatic carbocycles.